The number of amides is 1. The summed E-state index contributed by atoms with van der Waals surface area (Å²) in [5.74, 6) is 0.715. The Balaban J connectivity index is 1.85. The molecular formula is C17H19BrN2O2. The Labute approximate surface area is 139 Å². The summed E-state index contributed by atoms with van der Waals surface area (Å²) >= 11 is 3.42. The van der Waals surface area contributed by atoms with Gasteiger partial charge >= 0.3 is 0 Å². The first-order valence-electron chi connectivity index (χ1n) is 6.99. The predicted octanol–water partition coefficient (Wildman–Crippen LogP) is 3.49. The molecule has 0 aliphatic rings. The highest BCUT2D eigenvalue weighted by atomic mass is 79.9. The fraction of sp³-hybridized carbons (Fsp3) is 0.235. The lowest BCUT2D eigenvalue weighted by atomic mass is 10.2. The number of nitrogens with one attached hydrogen (secondary N) is 2. The summed E-state index contributed by atoms with van der Waals surface area (Å²) in [5.41, 5.74) is 3.00. The van der Waals surface area contributed by atoms with Crippen LogP contribution in [0.3, 0.4) is 0 Å². The van der Waals surface area contributed by atoms with Gasteiger partial charge in [-0.1, -0.05) is 34.1 Å². The largest absolute Gasteiger partial charge is 0.496 e. The molecule has 0 bridgehead atoms. The topological polar surface area (TPSA) is 50.4 Å². The molecule has 2 N–H and O–H groups in total. The molecule has 4 nitrogen and oxygen atoms in total. The zero-order valence-corrected chi connectivity index (χ0v) is 14.2. The summed E-state index contributed by atoms with van der Waals surface area (Å²) in [6.07, 6.45) is 0. The molecule has 0 fully saturated rings. The zero-order chi connectivity index (χ0) is 15.9. The normalized spacial score (nSPS) is 10.1. The van der Waals surface area contributed by atoms with Crippen LogP contribution in [0.2, 0.25) is 0 Å². The van der Waals surface area contributed by atoms with Gasteiger partial charge in [0, 0.05) is 22.3 Å². The molecule has 0 aliphatic carbocycles. The van der Waals surface area contributed by atoms with Crippen molar-refractivity contribution >= 4 is 27.5 Å². The maximum atomic E-state index is 11.9. The minimum atomic E-state index is -0.0618. The molecule has 0 saturated carbocycles. The quantitative estimate of drug-likeness (QED) is 0.826. The third-order valence-electron chi connectivity index (χ3n) is 3.30. The van der Waals surface area contributed by atoms with E-state index in [0.717, 1.165) is 27.0 Å². The highest BCUT2D eigenvalue weighted by Crippen LogP contribution is 2.20. The van der Waals surface area contributed by atoms with E-state index in [1.54, 1.807) is 7.11 Å². The molecule has 2 aromatic rings. The van der Waals surface area contributed by atoms with E-state index in [2.05, 4.69) is 26.6 Å². The van der Waals surface area contributed by atoms with Gasteiger partial charge < -0.3 is 15.4 Å². The van der Waals surface area contributed by atoms with Crippen LogP contribution < -0.4 is 15.4 Å². The monoisotopic (exact) mass is 362 g/mol. The first-order valence-corrected chi connectivity index (χ1v) is 7.78. The van der Waals surface area contributed by atoms with E-state index in [-0.39, 0.29) is 12.5 Å². The molecule has 2 aromatic carbocycles. The second-order valence-corrected chi connectivity index (χ2v) is 5.82. The van der Waals surface area contributed by atoms with Gasteiger partial charge in [-0.15, -0.1) is 0 Å². The summed E-state index contributed by atoms with van der Waals surface area (Å²) in [7, 11) is 1.62. The minimum Gasteiger partial charge on any atom is -0.496 e. The van der Waals surface area contributed by atoms with Crippen molar-refractivity contribution in [3.63, 3.8) is 0 Å². The Morgan fingerprint density at radius 2 is 2.00 bits per heavy atom. The molecule has 0 aromatic heterocycles. The molecule has 0 saturated heterocycles. The Morgan fingerprint density at radius 1 is 1.23 bits per heavy atom. The van der Waals surface area contributed by atoms with Crippen LogP contribution in [-0.2, 0) is 11.3 Å². The van der Waals surface area contributed by atoms with Gasteiger partial charge in [0.15, 0.2) is 0 Å². The molecule has 5 heteroatoms. The maximum absolute atomic E-state index is 11.9. The highest BCUT2D eigenvalue weighted by Gasteiger charge is 2.06. The van der Waals surface area contributed by atoms with Gasteiger partial charge in [-0.05, 0) is 36.8 Å². The number of hydrogen-bond acceptors (Lipinski definition) is 3. The van der Waals surface area contributed by atoms with Crippen molar-refractivity contribution in [1.29, 1.82) is 0 Å². The number of aryl methyl sites for hydroxylation is 1. The van der Waals surface area contributed by atoms with E-state index >= 15 is 0 Å². The first-order chi connectivity index (χ1) is 10.6. The zero-order valence-electron chi connectivity index (χ0n) is 12.7. The Morgan fingerprint density at radius 3 is 2.73 bits per heavy atom. The first kappa shape index (κ1) is 16.4. The van der Waals surface area contributed by atoms with Crippen LogP contribution in [-0.4, -0.2) is 19.6 Å². The van der Waals surface area contributed by atoms with Crippen molar-refractivity contribution in [2.24, 2.45) is 0 Å². The van der Waals surface area contributed by atoms with Crippen molar-refractivity contribution in [2.45, 2.75) is 13.5 Å². The van der Waals surface area contributed by atoms with Crippen LogP contribution in [0, 0.1) is 6.92 Å². The molecule has 1 amide bonds. The number of ether oxygens (including phenoxy) is 1. The van der Waals surface area contributed by atoms with Crippen molar-refractivity contribution in [3.8, 4) is 5.75 Å². The molecule has 0 spiro atoms. The minimum absolute atomic E-state index is 0.0618. The van der Waals surface area contributed by atoms with Gasteiger partial charge in [0.05, 0.1) is 13.7 Å². The van der Waals surface area contributed by atoms with E-state index in [0.29, 0.717) is 6.54 Å². The number of hydrogen-bond donors (Lipinski definition) is 2. The van der Waals surface area contributed by atoms with Crippen LogP contribution >= 0.6 is 15.9 Å². The lowest BCUT2D eigenvalue weighted by Crippen LogP contribution is -2.29. The number of methoxy groups -OCH3 is 1. The Hall–Kier alpha value is -2.01. The van der Waals surface area contributed by atoms with Crippen LogP contribution in [0.15, 0.2) is 46.9 Å². The molecule has 0 radical (unpaired) electrons. The maximum Gasteiger partial charge on any atom is 0.239 e. The van der Waals surface area contributed by atoms with Crippen LogP contribution in [0.5, 0.6) is 5.75 Å². The average Bonchev–Trinajstić information content (AvgIpc) is 2.52. The SMILES string of the molecule is COc1ccccc1CNC(=O)CNc1ccc(Br)cc1C. The summed E-state index contributed by atoms with van der Waals surface area (Å²) in [4.78, 5) is 11.9. The molecule has 0 unspecified atom stereocenters. The number of para-hydroxylation sites is 1. The lowest BCUT2D eigenvalue weighted by Gasteiger charge is -2.12. The molecule has 116 valence electrons. The third-order valence-corrected chi connectivity index (χ3v) is 3.79. The summed E-state index contributed by atoms with van der Waals surface area (Å²) in [6.45, 7) is 2.68. The molecule has 0 atom stereocenters. The number of rotatable bonds is 6. The van der Waals surface area contributed by atoms with E-state index < -0.39 is 0 Å². The van der Waals surface area contributed by atoms with Gasteiger partial charge in [-0.3, -0.25) is 4.79 Å². The van der Waals surface area contributed by atoms with Gasteiger partial charge in [0.25, 0.3) is 0 Å². The van der Waals surface area contributed by atoms with Crippen molar-refractivity contribution in [2.75, 3.05) is 19.0 Å². The number of anilines is 1. The molecule has 0 aliphatic heterocycles. The Bertz CT molecular complexity index is 659. The van der Waals surface area contributed by atoms with Crippen molar-refractivity contribution in [3.05, 3.63) is 58.1 Å². The van der Waals surface area contributed by atoms with Gasteiger partial charge in [-0.2, -0.15) is 0 Å². The van der Waals surface area contributed by atoms with Crippen molar-refractivity contribution in [1.82, 2.24) is 5.32 Å². The lowest BCUT2D eigenvalue weighted by molar-refractivity contribution is -0.119. The van der Waals surface area contributed by atoms with E-state index in [1.165, 1.54) is 0 Å². The standard InChI is InChI=1S/C17H19BrN2O2/c1-12-9-14(18)7-8-15(12)19-11-17(21)20-10-13-5-3-4-6-16(13)22-2/h3-9,19H,10-11H2,1-2H3,(H,20,21). The smallest absolute Gasteiger partial charge is 0.239 e. The molecule has 22 heavy (non-hydrogen) atoms. The van der Waals surface area contributed by atoms with Crippen LogP contribution in [0.1, 0.15) is 11.1 Å². The fourth-order valence-corrected chi connectivity index (χ4v) is 2.58. The second kappa shape index (κ2) is 7.84. The van der Waals surface area contributed by atoms with Crippen LogP contribution in [0.25, 0.3) is 0 Å². The third kappa shape index (κ3) is 4.49. The molecule has 0 heterocycles. The van der Waals surface area contributed by atoms with E-state index in [9.17, 15) is 4.79 Å². The van der Waals surface area contributed by atoms with Crippen LogP contribution in [0.4, 0.5) is 5.69 Å². The highest BCUT2D eigenvalue weighted by molar-refractivity contribution is 9.10. The summed E-state index contributed by atoms with van der Waals surface area (Å²) in [5, 5.41) is 6.02. The van der Waals surface area contributed by atoms with Crippen molar-refractivity contribution < 1.29 is 9.53 Å². The van der Waals surface area contributed by atoms with E-state index in [4.69, 9.17) is 4.74 Å². The van der Waals surface area contributed by atoms with Gasteiger partial charge in [0.2, 0.25) is 5.91 Å². The molecule has 2 rings (SSSR count). The van der Waals surface area contributed by atoms with E-state index in [1.807, 2.05) is 49.4 Å². The average molecular weight is 363 g/mol. The molecular weight excluding hydrogens is 344 g/mol. The second-order valence-electron chi connectivity index (χ2n) is 4.90. The number of carbonyl (C=O) groups is 1. The fourth-order valence-electron chi connectivity index (χ4n) is 2.11. The van der Waals surface area contributed by atoms with Gasteiger partial charge in [0.1, 0.15) is 5.75 Å². The Kier molecular flexibility index (Phi) is 5.83. The van der Waals surface area contributed by atoms with Gasteiger partial charge in [-0.25, -0.2) is 0 Å². The predicted molar refractivity (Wildman–Crippen MR) is 92.2 cm³/mol. The number of benzene rings is 2. The number of carbonyl (C=O) groups excluding carboxylic acids is 1. The summed E-state index contributed by atoms with van der Waals surface area (Å²) < 4.78 is 6.29. The number of halogens is 1. The summed E-state index contributed by atoms with van der Waals surface area (Å²) in [6, 6.07) is 13.6.